The minimum atomic E-state index is -4.95. The molecule has 1 heterocycles. The Morgan fingerprint density at radius 3 is 2.48 bits per heavy atom. The third kappa shape index (κ3) is 3.26. The Balaban J connectivity index is 2.11. The molecule has 1 N–H and O–H groups in total. The highest BCUT2D eigenvalue weighted by atomic mass is 19.4. The highest BCUT2D eigenvalue weighted by Crippen LogP contribution is 2.39. The van der Waals surface area contributed by atoms with Gasteiger partial charge in [-0.15, -0.1) is 0 Å². The molecule has 1 aliphatic rings. The predicted molar refractivity (Wildman–Crippen MR) is 84.4 cm³/mol. The number of aromatic hydroxyl groups is 1. The van der Waals surface area contributed by atoms with Crippen molar-refractivity contribution in [3.05, 3.63) is 59.2 Å². The van der Waals surface area contributed by atoms with E-state index in [1.165, 1.54) is 31.4 Å². The fourth-order valence-corrected chi connectivity index (χ4v) is 3.13. The van der Waals surface area contributed by atoms with Crippen LogP contribution in [0.15, 0.2) is 42.5 Å². The van der Waals surface area contributed by atoms with Gasteiger partial charge in [0, 0.05) is 6.54 Å². The van der Waals surface area contributed by atoms with Crippen LogP contribution in [0.25, 0.3) is 0 Å². The first kappa shape index (κ1) is 17.1. The van der Waals surface area contributed by atoms with Crippen molar-refractivity contribution < 1.29 is 27.8 Å². The van der Waals surface area contributed by atoms with Crippen LogP contribution in [0.5, 0.6) is 11.5 Å². The molecule has 1 unspecified atom stereocenters. The second kappa shape index (κ2) is 6.31. The zero-order chi connectivity index (χ0) is 18.2. The van der Waals surface area contributed by atoms with Gasteiger partial charge in [-0.3, -0.25) is 4.79 Å². The van der Waals surface area contributed by atoms with E-state index in [0.29, 0.717) is 23.3 Å². The van der Waals surface area contributed by atoms with Crippen molar-refractivity contribution in [1.82, 2.24) is 4.90 Å². The average molecular weight is 351 g/mol. The van der Waals surface area contributed by atoms with E-state index in [-0.39, 0.29) is 12.3 Å². The first-order valence-corrected chi connectivity index (χ1v) is 7.65. The van der Waals surface area contributed by atoms with E-state index < -0.39 is 18.1 Å². The van der Waals surface area contributed by atoms with Crippen molar-refractivity contribution in [2.45, 2.75) is 18.6 Å². The largest absolute Gasteiger partial charge is 0.508 e. The Kier molecular flexibility index (Phi) is 4.32. The molecule has 2 aromatic carbocycles. The monoisotopic (exact) mass is 351 g/mol. The lowest BCUT2D eigenvalue weighted by Gasteiger charge is -2.38. The van der Waals surface area contributed by atoms with Gasteiger partial charge >= 0.3 is 12.1 Å². The van der Waals surface area contributed by atoms with Crippen molar-refractivity contribution in [1.29, 1.82) is 0 Å². The fraction of sp³-hybridized carbons (Fsp3) is 0.278. The first-order chi connectivity index (χ1) is 11.8. The van der Waals surface area contributed by atoms with Gasteiger partial charge in [-0.05, 0) is 47.4 Å². The second-order valence-corrected chi connectivity index (χ2v) is 5.81. The third-order valence-electron chi connectivity index (χ3n) is 4.29. The maximum absolute atomic E-state index is 13.0. The van der Waals surface area contributed by atoms with Crippen LogP contribution in [0, 0.1) is 0 Å². The summed E-state index contributed by atoms with van der Waals surface area (Å²) < 4.78 is 44.3. The molecule has 1 aliphatic heterocycles. The number of methoxy groups -OCH3 is 1. The van der Waals surface area contributed by atoms with E-state index in [0.717, 1.165) is 10.5 Å². The van der Waals surface area contributed by atoms with Crippen LogP contribution in [0.3, 0.4) is 0 Å². The fourth-order valence-electron chi connectivity index (χ4n) is 3.13. The van der Waals surface area contributed by atoms with Crippen molar-refractivity contribution in [3.8, 4) is 11.5 Å². The Bertz CT molecular complexity index is 787. The van der Waals surface area contributed by atoms with Gasteiger partial charge in [0.25, 0.3) is 0 Å². The summed E-state index contributed by atoms with van der Waals surface area (Å²) in [5.41, 5.74) is 1.96. The summed E-state index contributed by atoms with van der Waals surface area (Å²) >= 11 is 0. The molecule has 0 radical (unpaired) electrons. The van der Waals surface area contributed by atoms with E-state index in [1.54, 1.807) is 18.2 Å². The maximum Gasteiger partial charge on any atom is 0.471 e. The Morgan fingerprint density at radius 1 is 1.20 bits per heavy atom. The topological polar surface area (TPSA) is 49.8 Å². The van der Waals surface area contributed by atoms with Crippen LogP contribution < -0.4 is 4.74 Å². The average Bonchev–Trinajstić information content (AvgIpc) is 2.59. The molecular weight excluding hydrogens is 335 g/mol. The van der Waals surface area contributed by atoms with Crippen LogP contribution in [0.1, 0.15) is 22.7 Å². The Morgan fingerprint density at radius 2 is 1.88 bits per heavy atom. The molecule has 3 rings (SSSR count). The van der Waals surface area contributed by atoms with Gasteiger partial charge in [-0.25, -0.2) is 0 Å². The van der Waals surface area contributed by atoms with Gasteiger partial charge < -0.3 is 14.7 Å². The molecule has 0 fully saturated rings. The quantitative estimate of drug-likeness (QED) is 0.902. The van der Waals surface area contributed by atoms with Gasteiger partial charge in [0.2, 0.25) is 0 Å². The molecule has 0 aromatic heterocycles. The standard InChI is InChI=1S/C18H16F3NO3/c1-25-14-6-7-15-12(10-14)8-9-22(17(24)18(19,20)21)16(15)11-2-4-13(23)5-3-11/h2-7,10,16,23H,8-9H2,1H3. The number of nitrogens with zero attached hydrogens (tertiary/aromatic N) is 1. The van der Waals surface area contributed by atoms with Crippen LogP contribution in [-0.4, -0.2) is 35.7 Å². The van der Waals surface area contributed by atoms with Crippen molar-refractivity contribution >= 4 is 5.91 Å². The Labute approximate surface area is 142 Å². The molecule has 0 saturated heterocycles. The minimum Gasteiger partial charge on any atom is -0.508 e. The lowest BCUT2D eigenvalue weighted by atomic mass is 9.88. The number of phenolic OH excluding ortho intramolecular Hbond substituents is 1. The minimum absolute atomic E-state index is 0.00297. The smallest absolute Gasteiger partial charge is 0.471 e. The number of carbonyl (C=O) groups is 1. The van der Waals surface area contributed by atoms with Gasteiger partial charge in [-0.1, -0.05) is 18.2 Å². The van der Waals surface area contributed by atoms with Crippen molar-refractivity contribution in [3.63, 3.8) is 0 Å². The number of phenols is 1. The predicted octanol–water partition coefficient (Wildman–Crippen LogP) is 3.44. The number of rotatable bonds is 2. The van der Waals surface area contributed by atoms with Gasteiger partial charge in [-0.2, -0.15) is 13.2 Å². The number of benzene rings is 2. The molecule has 1 amide bonds. The first-order valence-electron chi connectivity index (χ1n) is 7.65. The summed E-state index contributed by atoms with van der Waals surface area (Å²) in [5.74, 6) is -1.26. The summed E-state index contributed by atoms with van der Waals surface area (Å²) in [4.78, 5) is 12.8. The molecule has 0 saturated carbocycles. The SMILES string of the molecule is COc1ccc2c(c1)CCN(C(=O)C(F)(F)F)C2c1ccc(O)cc1. The molecule has 7 heteroatoms. The zero-order valence-electron chi connectivity index (χ0n) is 13.4. The van der Waals surface area contributed by atoms with E-state index >= 15 is 0 Å². The highest BCUT2D eigenvalue weighted by molar-refractivity contribution is 5.83. The normalized spacial score (nSPS) is 17.1. The summed E-state index contributed by atoms with van der Waals surface area (Å²) in [7, 11) is 1.52. The molecule has 2 aromatic rings. The van der Waals surface area contributed by atoms with Gasteiger partial charge in [0.1, 0.15) is 11.5 Å². The van der Waals surface area contributed by atoms with Crippen molar-refractivity contribution in [2.24, 2.45) is 0 Å². The van der Waals surface area contributed by atoms with E-state index in [4.69, 9.17) is 4.74 Å². The lowest BCUT2D eigenvalue weighted by Crippen LogP contribution is -2.46. The third-order valence-corrected chi connectivity index (χ3v) is 4.29. The second-order valence-electron chi connectivity index (χ2n) is 5.81. The molecule has 1 atom stereocenters. The van der Waals surface area contributed by atoms with E-state index in [9.17, 15) is 23.1 Å². The number of hydrogen-bond donors (Lipinski definition) is 1. The summed E-state index contributed by atoms with van der Waals surface area (Å²) in [5, 5.41) is 9.45. The number of ether oxygens (including phenoxy) is 1. The summed E-state index contributed by atoms with van der Waals surface area (Å²) in [6.45, 7) is -0.0515. The van der Waals surface area contributed by atoms with E-state index in [2.05, 4.69) is 0 Å². The molecule has 0 bridgehead atoms. The molecule has 25 heavy (non-hydrogen) atoms. The maximum atomic E-state index is 13.0. The number of alkyl halides is 3. The van der Waals surface area contributed by atoms with Gasteiger partial charge in [0.15, 0.2) is 0 Å². The summed E-state index contributed by atoms with van der Waals surface area (Å²) in [6.07, 6.45) is -4.64. The lowest BCUT2D eigenvalue weighted by molar-refractivity contribution is -0.187. The number of carbonyl (C=O) groups excluding carboxylic acids is 1. The number of fused-ring (bicyclic) bond motifs is 1. The molecular formula is C18H16F3NO3. The highest BCUT2D eigenvalue weighted by Gasteiger charge is 2.46. The number of amides is 1. The zero-order valence-corrected chi connectivity index (χ0v) is 13.4. The molecule has 0 spiro atoms. The summed E-state index contributed by atoms with van der Waals surface area (Å²) in [6, 6.07) is 10.1. The van der Waals surface area contributed by atoms with Crippen molar-refractivity contribution in [2.75, 3.05) is 13.7 Å². The molecule has 4 nitrogen and oxygen atoms in total. The van der Waals surface area contributed by atoms with Crippen LogP contribution >= 0.6 is 0 Å². The molecule has 0 aliphatic carbocycles. The number of hydrogen-bond acceptors (Lipinski definition) is 3. The molecule has 132 valence electrons. The van der Waals surface area contributed by atoms with E-state index in [1.807, 2.05) is 0 Å². The van der Waals surface area contributed by atoms with Crippen LogP contribution in [0.4, 0.5) is 13.2 Å². The van der Waals surface area contributed by atoms with Crippen LogP contribution in [0.2, 0.25) is 0 Å². The Hall–Kier alpha value is -2.70. The number of halogens is 3. The van der Waals surface area contributed by atoms with Crippen LogP contribution in [-0.2, 0) is 11.2 Å². The van der Waals surface area contributed by atoms with Gasteiger partial charge in [0.05, 0.1) is 13.2 Å².